The van der Waals surface area contributed by atoms with E-state index in [4.69, 9.17) is 14.2 Å². The molecule has 2 aromatic rings. The summed E-state index contributed by atoms with van der Waals surface area (Å²) in [6.07, 6.45) is 1.38. The maximum Gasteiger partial charge on any atom is 0.309 e. The lowest BCUT2D eigenvalue weighted by Gasteiger charge is -2.39. The molecule has 3 heterocycles. The number of ether oxygens (including phenoxy) is 3. The highest BCUT2D eigenvalue weighted by Gasteiger charge is 2.44. The number of piperidine rings is 1. The van der Waals surface area contributed by atoms with Gasteiger partial charge in [0.15, 0.2) is 16.7 Å². The van der Waals surface area contributed by atoms with E-state index in [0.29, 0.717) is 61.6 Å². The first-order chi connectivity index (χ1) is 16.0. The molecule has 1 aromatic carbocycles. The molecule has 1 aromatic heterocycles. The quantitative estimate of drug-likeness (QED) is 0.535. The van der Waals surface area contributed by atoms with Crippen molar-refractivity contribution < 1.29 is 23.8 Å². The van der Waals surface area contributed by atoms with Gasteiger partial charge >= 0.3 is 5.97 Å². The Balaban J connectivity index is 1.63. The van der Waals surface area contributed by atoms with Crippen molar-refractivity contribution in [2.75, 3.05) is 33.4 Å². The number of esters is 1. The largest absolute Gasteiger partial charge is 0.493 e. The number of hydrogen-bond acceptors (Lipinski definition) is 9. The van der Waals surface area contributed by atoms with Gasteiger partial charge in [-0.05, 0) is 64.4 Å². The lowest BCUT2D eigenvalue weighted by atomic mass is 9.92. The maximum absolute atomic E-state index is 13.3. The highest BCUT2D eigenvalue weighted by molar-refractivity contribution is 8.00. The summed E-state index contributed by atoms with van der Waals surface area (Å²) in [5.41, 5.74) is 0.957. The number of carbonyl (C=O) groups is 2. The Morgan fingerprint density at radius 1 is 1.21 bits per heavy atom. The molecule has 0 aliphatic carbocycles. The molecule has 4 rings (SSSR count). The zero-order valence-corrected chi connectivity index (χ0v) is 20.3. The van der Waals surface area contributed by atoms with Gasteiger partial charge in [0.2, 0.25) is 0 Å². The van der Waals surface area contributed by atoms with Crippen molar-refractivity contribution in [3.8, 4) is 11.5 Å². The van der Waals surface area contributed by atoms with Crippen molar-refractivity contribution in [3.05, 3.63) is 29.6 Å². The second-order valence-electron chi connectivity index (χ2n) is 8.08. The van der Waals surface area contributed by atoms with Gasteiger partial charge in [-0.3, -0.25) is 14.5 Å². The molecular formula is C23H30N4O5S. The molecule has 178 valence electrons. The Labute approximate surface area is 197 Å². The average molecular weight is 475 g/mol. The number of nitrogens with zero attached hydrogens (tertiary/aromatic N) is 4. The molecule has 0 saturated carbocycles. The van der Waals surface area contributed by atoms with E-state index in [1.807, 2.05) is 32.0 Å². The summed E-state index contributed by atoms with van der Waals surface area (Å²) in [6, 6.07) is 5.60. The Kier molecular flexibility index (Phi) is 7.23. The number of rotatable bonds is 8. The molecule has 0 amide bonds. The van der Waals surface area contributed by atoms with Crippen LogP contribution in [-0.2, 0) is 9.53 Å². The third-order valence-corrected chi connectivity index (χ3v) is 7.21. The van der Waals surface area contributed by atoms with Crippen LogP contribution >= 0.6 is 11.8 Å². The van der Waals surface area contributed by atoms with Crippen LogP contribution in [0.1, 0.15) is 48.9 Å². The summed E-state index contributed by atoms with van der Waals surface area (Å²) in [5.74, 6) is 1.55. The van der Waals surface area contributed by atoms with Crippen LogP contribution in [0.5, 0.6) is 11.5 Å². The van der Waals surface area contributed by atoms with E-state index in [0.717, 1.165) is 5.56 Å². The third kappa shape index (κ3) is 4.72. The van der Waals surface area contributed by atoms with Crippen molar-refractivity contribution in [1.82, 2.24) is 19.7 Å². The first-order valence-corrected chi connectivity index (χ1v) is 12.2. The summed E-state index contributed by atoms with van der Waals surface area (Å²) < 4.78 is 17.9. The fourth-order valence-electron chi connectivity index (χ4n) is 4.49. The Hall–Kier alpha value is -2.59. The summed E-state index contributed by atoms with van der Waals surface area (Å²) in [7, 11) is 1.61. The predicted octanol–water partition coefficient (Wildman–Crippen LogP) is 3.12. The van der Waals surface area contributed by atoms with Crippen molar-refractivity contribution in [3.63, 3.8) is 0 Å². The molecule has 9 nitrogen and oxygen atoms in total. The van der Waals surface area contributed by atoms with Gasteiger partial charge in [-0.2, -0.15) is 4.68 Å². The molecular weight excluding hydrogens is 444 g/mol. The summed E-state index contributed by atoms with van der Waals surface area (Å²) in [5, 5.41) is 4.50. The summed E-state index contributed by atoms with van der Waals surface area (Å²) in [4.78, 5) is 32.3. The average Bonchev–Trinajstić information content (AvgIpc) is 3.32. The lowest BCUT2D eigenvalue weighted by Crippen LogP contribution is -2.44. The van der Waals surface area contributed by atoms with Gasteiger partial charge in [0.05, 0.1) is 32.3 Å². The third-order valence-electron chi connectivity index (χ3n) is 6.03. The fourth-order valence-corrected chi connectivity index (χ4v) is 5.79. The van der Waals surface area contributed by atoms with Gasteiger partial charge < -0.3 is 14.2 Å². The van der Waals surface area contributed by atoms with E-state index in [2.05, 4.69) is 15.0 Å². The minimum atomic E-state index is -0.401. The van der Waals surface area contributed by atoms with E-state index in [-0.39, 0.29) is 23.8 Å². The molecule has 0 radical (unpaired) electrons. The smallest absolute Gasteiger partial charge is 0.309 e. The van der Waals surface area contributed by atoms with Gasteiger partial charge in [-0.15, -0.1) is 5.10 Å². The van der Waals surface area contributed by atoms with Gasteiger partial charge in [0.25, 0.3) is 5.91 Å². The predicted molar refractivity (Wildman–Crippen MR) is 123 cm³/mol. The van der Waals surface area contributed by atoms with Gasteiger partial charge in [-0.1, -0.05) is 17.8 Å². The van der Waals surface area contributed by atoms with Crippen LogP contribution in [0.2, 0.25) is 0 Å². The SMILES string of the molecule is CCOC(=O)C1CCN(C(c2ccc(OCC)c(OC)c2)C2Sc3nc(C)nn3C2=O)CC1. The molecule has 1 saturated heterocycles. The van der Waals surface area contributed by atoms with Crippen molar-refractivity contribution >= 4 is 23.6 Å². The van der Waals surface area contributed by atoms with Gasteiger partial charge in [0.1, 0.15) is 11.1 Å². The van der Waals surface area contributed by atoms with Crippen LogP contribution in [0.4, 0.5) is 0 Å². The number of aromatic nitrogens is 3. The van der Waals surface area contributed by atoms with Gasteiger partial charge in [0, 0.05) is 0 Å². The van der Waals surface area contributed by atoms with Crippen molar-refractivity contribution in [1.29, 1.82) is 0 Å². The molecule has 0 N–H and O–H groups in total. The molecule has 1 fully saturated rings. The fraction of sp³-hybridized carbons (Fsp3) is 0.565. The Morgan fingerprint density at radius 2 is 1.97 bits per heavy atom. The second-order valence-corrected chi connectivity index (χ2v) is 9.19. The zero-order chi connectivity index (χ0) is 23.5. The van der Waals surface area contributed by atoms with Gasteiger partial charge in [-0.25, -0.2) is 4.98 Å². The van der Waals surface area contributed by atoms with E-state index in [1.165, 1.54) is 16.4 Å². The van der Waals surface area contributed by atoms with Crippen molar-refractivity contribution in [2.45, 2.75) is 50.1 Å². The maximum atomic E-state index is 13.3. The minimum Gasteiger partial charge on any atom is -0.493 e. The number of thioether (sulfide) groups is 1. The van der Waals surface area contributed by atoms with E-state index >= 15 is 0 Å². The number of hydrogen-bond donors (Lipinski definition) is 0. The Morgan fingerprint density at radius 3 is 2.61 bits per heavy atom. The zero-order valence-electron chi connectivity index (χ0n) is 19.4. The number of likely N-dealkylation sites (tertiary alicyclic amines) is 1. The summed E-state index contributed by atoms with van der Waals surface area (Å²) >= 11 is 1.44. The number of fused-ring (bicyclic) bond motifs is 1. The first-order valence-electron chi connectivity index (χ1n) is 11.3. The van der Waals surface area contributed by atoms with E-state index < -0.39 is 5.25 Å². The van der Waals surface area contributed by atoms with Crippen LogP contribution in [0.3, 0.4) is 0 Å². The lowest BCUT2D eigenvalue weighted by molar-refractivity contribution is -0.149. The molecule has 2 unspecified atom stereocenters. The van der Waals surface area contributed by atoms with E-state index in [9.17, 15) is 9.59 Å². The molecule has 2 aliphatic heterocycles. The molecule has 10 heteroatoms. The number of methoxy groups -OCH3 is 1. The molecule has 0 spiro atoms. The molecule has 2 atom stereocenters. The molecule has 33 heavy (non-hydrogen) atoms. The first kappa shape index (κ1) is 23.6. The molecule has 2 aliphatic rings. The van der Waals surface area contributed by atoms with Crippen LogP contribution in [-0.4, -0.2) is 70.2 Å². The van der Waals surface area contributed by atoms with Crippen LogP contribution in [0, 0.1) is 12.8 Å². The van der Waals surface area contributed by atoms with Crippen LogP contribution in [0.15, 0.2) is 23.4 Å². The van der Waals surface area contributed by atoms with Crippen LogP contribution in [0.25, 0.3) is 0 Å². The highest BCUT2D eigenvalue weighted by Crippen LogP contribution is 2.43. The van der Waals surface area contributed by atoms with Crippen LogP contribution < -0.4 is 9.47 Å². The monoisotopic (exact) mass is 474 g/mol. The number of aryl methyl sites for hydroxylation is 1. The molecule has 0 bridgehead atoms. The van der Waals surface area contributed by atoms with Crippen molar-refractivity contribution in [2.24, 2.45) is 5.92 Å². The Bertz CT molecular complexity index is 1020. The number of carbonyl (C=O) groups excluding carboxylic acids is 2. The topological polar surface area (TPSA) is 95.8 Å². The second kappa shape index (κ2) is 10.1. The minimum absolute atomic E-state index is 0.0824. The normalized spacial score (nSPS) is 19.9. The standard InChI is InChI=1S/C23H30N4O5S/c1-5-31-17-8-7-16(13-18(17)30-4)19(20-21(28)27-23(33-20)24-14(3)25-27)26-11-9-15(10-12-26)22(29)32-6-2/h7-8,13,15,19-20H,5-6,9-12H2,1-4H3. The van der Waals surface area contributed by atoms with E-state index in [1.54, 1.807) is 14.0 Å². The number of benzene rings is 1. The highest BCUT2D eigenvalue weighted by atomic mass is 32.2. The summed E-state index contributed by atoms with van der Waals surface area (Å²) in [6.45, 7) is 7.82.